The Balaban J connectivity index is 2.52. The Morgan fingerprint density at radius 3 is 2.62 bits per heavy atom. The Morgan fingerprint density at radius 1 is 1.31 bits per heavy atom. The summed E-state index contributed by atoms with van der Waals surface area (Å²) in [5.74, 6) is 0.663. The summed E-state index contributed by atoms with van der Waals surface area (Å²) in [6, 6.07) is 7.98. The predicted molar refractivity (Wildman–Crippen MR) is 58.0 cm³/mol. The number of hydrogen-bond donors (Lipinski definition) is 1. The molecular weight excluding hydrogens is 228 g/mol. The Labute approximate surface area is 92.9 Å². The van der Waals surface area contributed by atoms with Crippen molar-refractivity contribution in [1.29, 1.82) is 0 Å². The molecule has 0 aliphatic rings. The number of primary sulfonamides is 1. The van der Waals surface area contributed by atoms with Crippen LogP contribution in [0.3, 0.4) is 0 Å². The summed E-state index contributed by atoms with van der Waals surface area (Å²) in [5.41, 5.74) is 1.24. The van der Waals surface area contributed by atoms with Crippen LogP contribution >= 0.6 is 0 Å². The monoisotopic (exact) mass is 238 g/mol. The first-order chi connectivity index (χ1) is 7.47. The molecule has 6 heteroatoms. The van der Waals surface area contributed by atoms with Crippen LogP contribution in [0.2, 0.25) is 0 Å². The van der Waals surface area contributed by atoms with E-state index in [1.807, 2.05) is 0 Å². The fourth-order valence-electron chi connectivity index (χ4n) is 1.33. The van der Waals surface area contributed by atoms with Gasteiger partial charge in [0.15, 0.2) is 0 Å². The lowest BCUT2D eigenvalue weighted by molar-refractivity contribution is 0.399. The molecule has 0 aliphatic heterocycles. The van der Waals surface area contributed by atoms with Crippen molar-refractivity contribution >= 4 is 10.0 Å². The van der Waals surface area contributed by atoms with Gasteiger partial charge in [0.1, 0.15) is 11.5 Å². The smallest absolute Gasteiger partial charge is 0.238 e. The highest BCUT2D eigenvalue weighted by Gasteiger charge is 2.10. The summed E-state index contributed by atoms with van der Waals surface area (Å²) < 4.78 is 27.2. The third-order valence-corrected chi connectivity index (χ3v) is 3.00. The van der Waals surface area contributed by atoms with E-state index in [0.717, 1.165) is 0 Å². The molecule has 0 fully saturated rings. The summed E-state index contributed by atoms with van der Waals surface area (Å²) in [6.45, 7) is 1.76. The first-order valence-corrected chi connectivity index (χ1v) is 6.08. The van der Waals surface area contributed by atoms with Crippen molar-refractivity contribution in [2.75, 3.05) is 0 Å². The third-order valence-electron chi connectivity index (χ3n) is 2.09. The van der Waals surface area contributed by atoms with E-state index in [4.69, 9.17) is 9.66 Å². The van der Waals surface area contributed by atoms with Crippen LogP contribution in [-0.4, -0.2) is 13.6 Å². The number of sulfonamides is 1. The van der Waals surface area contributed by atoms with E-state index in [-0.39, 0.29) is 4.90 Å². The van der Waals surface area contributed by atoms with E-state index in [0.29, 0.717) is 17.0 Å². The van der Waals surface area contributed by atoms with Crippen LogP contribution in [0.4, 0.5) is 0 Å². The maximum atomic E-state index is 11.2. The molecule has 2 N–H and O–H groups in total. The first-order valence-electron chi connectivity index (χ1n) is 4.53. The predicted octanol–water partition coefficient (Wildman–Crippen LogP) is 1.30. The molecule has 0 unspecified atom stereocenters. The first kappa shape index (κ1) is 10.8. The number of benzene rings is 1. The van der Waals surface area contributed by atoms with Gasteiger partial charge in [-0.05, 0) is 19.1 Å². The fraction of sp³-hybridized carbons (Fsp3) is 0.100. The Morgan fingerprint density at radius 2 is 2.06 bits per heavy atom. The number of hydrogen-bond acceptors (Lipinski definition) is 4. The van der Waals surface area contributed by atoms with Gasteiger partial charge in [0, 0.05) is 11.6 Å². The van der Waals surface area contributed by atoms with Gasteiger partial charge in [-0.25, -0.2) is 13.6 Å². The van der Waals surface area contributed by atoms with Crippen LogP contribution < -0.4 is 5.14 Å². The molecule has 0 spiro atoms. The van der Waals surface area contributed by atoms with E-state index in [2.05, 4.69) is 5.16 Å². The highest BCUT2D eigenvalue weighted by Crippen LogP contribution is 2.21. The van der Waals surface area contributed by atoms with Gasteiger partial charge in [-0.2, -0.15) is 0 Å². The fourth-order valence-corrected chi connectivity index (χ4v) is 1.89. The molecule has 2 aromatic rings. The Bertz CT molecular complexity index is 616. The number of rotatable bonds is 2. The summed E-state index contributed by atoms with van der Waals surface area (Å²) >= 11 is 0. The van der Waals surface area contributed by atoms with Crippen molar-refractivity contribution in [1.82, 2.24) is 5.16 Å². The van der Waals surface area contributed by atoms with Gasteiger partial charge in [-0.1, -0.05) is 17.3 Å². The minimum Gasteiger partial charge on any atom is -0.361 e. The summed E-state index contributed by atoms with van der Waals surface area (Å²) in [6.07, 6.45) is 0. The zero-order valence-electron chi connectivity index (χ0n) is 8.54. The van der Waals surface area contributed by atoms with E-state index in [1.165, 1.54) is 12.1 Å². The number of aryl methyl sites for hydroxylation is 1. The van der Waals surface area contributed by atoms with E-state index >= 15 is 0 Å². The normalized spacial score (nSPS) is 11.6. The summed E-state index contributed by atoms with van der Waals surface area (Å²) in [4.78, 5) is 0.0608. The lowest BCUT2D eigenvalue weighted by Gasteiger charge is -1.99. The second-order valence-electron chi connectivity index (χ2n) is 3.40. The largest absolute Gasteiger partial charge is 0.361 e. The zero-order valence-corrected chi connectivity index (χ0v) is 9.36. The minimum absolute atomic E-state index is 0.0608. The molecule has 0 bridgehead atoms. The number of nitrogens with two attached hydrogens (primary N) is 1. The molecule has 1 aromatic carbocycles. The Hall–Kier alpha value is -1.66. The molecular formula is C10H10N2O3S. The second kappa shape index (κ2) is 3.73. The van der Waals surface area contributed by atoms with Gasteiger partial charge in [-0.15, -0.1) is 0 Å². The summed E-state index contributed by atoms with van der Waals surface area (Å²) in [5, 5.41) is 8.84. The van der Waals surface area contributed by atoms with Crippen molar-refractivity contribution in [3.63, 3.8) is 0 Å². The van der Waals surface area contributed by atoms with Crippen LogP contribution in [0, 0.1) is 6.92 Å². The SMILES string of the molecule is Cc1cc(-c2cccc(S(N)(=O)=O)c2)no1. The minimum atomic E-state index is -3.68. The standard InChI is InChI=1S/C10H10N2O3S/c1-7-5-10(12-15-7)8-3-2-4-9(6-8)16(11,13)14/h2-6H,1H3,(H2,11,13,14). The molecule has 84 valence electrons. The zero-order chi connectivity index (χ0) is 11.8. The van der Waals surface area contributed by atoms with Crippen LogP contribution in [0.25, 0.3) is 11.3 Å². The Kier molecular flexibility index (Phi) is 2.53. The van der Waals surface area contributed by atoms with Crippen molar-refractivity contribution in [3.05, 3.63) is 36.1 Å². The lowest BCUT2D eigenvalue weighted by Crippen LogP contribution is -2.11. The molecule has 1 heterocycles. The topological polar surface area (TPSA) is 86.2 Å². The van der Waals surface area contributed by atoms with Gasteiger partial charge in [-0.3, -0.25) is 0 Å². The average molecular weight is 238 g/mol. The molecule has 0 radical (unpaired) electrons. The lowest BCUT2D eigenvalue weighted by atomic mass is 10.1. The van der Waals surface area contributed by atoms with Gasteiger partial charge >= 0.3 is 0 Å². The van der Waals surface area contributed by atoms with Gasteiger partial charge in [0.25, 0.3) is 0 Å². The quantitative estimate of drug-likeness (QED) is 0.854. The molecule has 16 heavy (non-hydrogen) atoms. The van der Waals surface area contributed by atoms with E-state index in [1.54, 1.807) is 25.1 Å². The number of nitrogens with zero attached hydrogens (tertiary/aromatic N) is 1. The van der Waals surface area contributed by atoms with Crippen molar-refractivity contribution < 1.29 is 12.9 Å². The van der Waals surface area contributed by atoms with Crippen LogP contribution in [0.15, 0.2) is 39.8 Å². The molecule has 5 nitrogen and oxygen atoms in total. The highest BCUT2D eigenvalue weighted by atomic mass is 32.2. The molecule has 0 atom stereocenters. The summed E-state index contributed by atoms with van der Waals surface area (Å²) in [7, 11) is -3.68. The molecule has 0 amide bonds. The van der Waals surface area contributed by atoms with Gasteiger partial charge < -0.3 is 4.52 Å². The number of aromatic nitrogens is 1. The van der Waals surface area contributed by atoms with Crippen molar-refractivity contribution in [3.8, 4) is 11.3 Å². The molecule has 0 saturated carbocycles. The second-order valence-corrected chi connectivity index (χ2v) is 4.96. The van der Waals surface area contributed by atoms with E-state index < -0.39 is 10.0 Å². The third kappa shape index (κ3) is 2.12. The van der Waals surface area contributed by atoms with Gasteiger partial charge in [0.2, 0.25) is 10.0 Å². The maximum Gasteiger partial charge on any atom is 0.238 e. The van der Waals surface area contributed by atoms with Crippen molar-refractivity contribution in [2.45, 2.75) is 11.8 Å². The molecule has 2 rings (SSSR count). The average Bonchev–Trinajstić information content (AvgIpc) is 2.64. The molecule has 0 saturated heterocycles. The highest BCUT2D eigenvalue weighted by molar-refractivity contribution is 7.89. The van der Waals surface area contributed by atoms with Crippen LogP contribution in [-0.2, 0) is 10.0 Å². The van der Waals surface area contributed by atoms with E-state index in [9.17, 15) is 8.42 Å². The molecule has 0 aliphatic carbocycles. The van der Waals surface area contributed by atoms with Crippen LogP contribution in [0.1, 0.15) is 5.76 Å². The van der Waals surface area contributed by atoms with Crippen molar-refractivity contribution in [2.24, 2.45) is 5.14 Å². The van der Waals surface area contributed by atoms with Crippen LogP contribution in [0.5, 0.6) is 0 Å². The molecule has 1 aromatic heterocycles. The maximum absolute atomic E-state index is 11.2. The van der Waals surface area contributed by atoms with Gasteiger partial charge in [0.05, 0.1) is 4.90 Å².